The summed E-state index contributed by atoms with van der Waals surface area (Å²) < 4.78 is 2.13. The van der Waals surface area contributed by atoms with Crippen LogP contribution in [-0.4, -0.2) is 31.5 Å². The van der Waals surface area contributed by atoms with E-state index >= 15 is 0 Å². The van der Waals surface area contributed by atoms with Gasteiger partial charge < -0.3 is 4.40 Å². The summed E-state index contributed by atoms with van der Waals surface area (Å²) in [5.41, 5.74) is 5.44. The zero-order chi connectivity index (χ0) is 14.1. The Labute approximate surface area is 118 Å². The average molecular weight is 269 g/mol. The van der Waals surface area contributed by atoms with E-state index in [1.807, 2.05) is 19.1 Å². The van der Waals surface area contributed by atoms with Gasteiger partial charge in [-0.05, 0) is 39.1 Å². The zero-order valence-corrected chi connectivity index (χ0v) is 12.1. The molecule has 0 atom stereocenters. The lowest BCUT2D eigenvalue weighted by Gasteiger charge is -2.12. The highest BCUT2D eigenvalue weighted by atomic mass is 15.2. The monoisotopic (exact) mass is 269 g/mol. The quantitative estimate of drug-likeness (QED) is 0.790. The van der Waals surface area contributed by atoms with Gasteiger partial charge in [0, 0.05) is 30.7 Å². The van der Waals surface area contributed by atoms with Gasteiger partial charge in [0.1, 0.15) is 5.65 Å². The summed E-state index contributed by atoms with van der Waals surface area (Å²) in [5.74, 6) is 0. The largest absolute Gasteiger partial charge is 0.304 e. The fourth-order valence-corrected chi connectivity index (χ4v) is 2.44. The molecule has 0 aliphatic rings. The minimum Gasteiger partial charge on any atom is -0.304 e. The van der Waals surface area contributed by atoms with Gasteiger partial charge in [0.05, 0.1) is 11.4 Å². The van der Waals surface area contributed by atoms with Gasteiger partial charge in [-0.1, -0.05) is 6.07 Å². The standard InChI is InChI=1S/C15H19N5/c1-11-7-13(18-17-11)8-19(3)9-14-10-20-12(2)5-4-6-15(20)16-14/h4-7,10H,8-9H2,1-3H3,(H,17,18). The van der Waals surface area contributed by atoms with E-state index in [-0.39, 0.29) is 0 Å². The molecule has 0 spiro atoms. The number of nitrogens with zero attached hydrogens (tertiary/aromatic N) is 4. The molecule has 3 aromatic rings. The highest BCUT2D eigenvalue weighted by Gasteiger charge is 2.08. The molecule has 3 aromatic heterocycles. The van der Waals surface area contributed by atoms with E-state index in [2.05, 4.69) is 56.8 Å². The molecule has 0 radical (unpaired) electrons. The predicted molar refractivity (Wildman–Crippen MR) is 78.4 cm³/mol. The van der Waals surface area contributed by atoms with Gasteiger partial charge in [0.25, 0.3) is 0 Å². The molecule has 0 aliphatic carbocycles. The van der Waals surface area contributed by atoms with Gasteiger partial charge >= 0.3 is 0 Å². The number of nitrogens with one attached hydrogen (secondary N) is 1. The van der Waals surface area contributed by atoms with Crippen LogP contribution in [0.4, 0.5) is 0 Å². The molecule has 0 fully saturated rings. The Kier molecular flexibility index (Phi) is 3.28. The molecular formula is C15H19N5. The van der Waals surface area contributed by atoms with Crippen molar-refractivity contribution in [2.75, 3.05) is 7.05 Å². The SMILES string of the molecule is Cc1cc(CN(C)Cc2cn3c(C)cccc3n2)n[nH]1. The van der Waals surface area contributed by atoms with Crippen molar-refractivity contribution in [1.82, 2.24) is 24.5 Å². The van der Waals surface area contributed by atoms with E-state index < -0.39 is 0 Å². The number of hydrogen-bond donors (Lipinski definition) is 1. The summed E-state index contributed by atoms with van der Waals surface area (Å²) in [4.78, 5) is 6.87. The minimum absolute atomic E-state index is 0.813. The Morgan fingerprint density at radius 3 is 2.70 bits per heavy atom. The van der Waals surface area contributed by atoms with Crippen LogP contribution >= 0.6 is 0 Å². The molecule has 0 aromatic carbocycles. The molecule has 0 saturated carbocycles. The zero-order valence-electron chi connectivity index (χ0n) is 12.1. The smallest absolute Gasteiger partial charge is 0.137 e. The van der Waals surface area contributed by atoms with Crippen molar-refractivity contribution < 1.29 is 0 Å². The second-order valence-corrected chi connectivity index (χ2v) is 5.34. The lowest BCUT2D eigenvalue weighted by Crippen LogP contribution is -2.17. The summed E-state index contributed by atoms with van der Waals surface area (Å²) in [6.45, 7) is 5.74. The molecule has 0 amide bonds. The Morgan fingerprint density at radius 1 is 1.20 bits per heavy atom. The summed E-state index contributed by atoms with van der Waals surface area (Å²) in [6.07, 6.45) is 2.11. The second kappa shape index (κ2) is 5.09. The van der Waals surface area contributed by atoms with E-state index in [9.17, 15) is 0 Å². The maximum Gasteiger partial charge on any atom is 0.137 e. The van der Waals surface area contributed by atoms with E-state index in [0.717, 1.165) is 35.8 Å². The maximum absolute atomic E-state index is 4.65. The van der Waals surface area contributed by atoms with Crippen LogP contribution < -0.4 is 0 Å². The van der Waals surface area contributed by atoms with E-state index in [0.29, 0.717) is 0 Å². The molecule has 3 rings (SSSR count). The van der Waals surface area contributed by atoms with Crippen molar-refractivity contribution in [3.05, 3.63) is 53.2 Å². The first-order chi connectivity index (χ1) is 9.61. The molecule has 0 unspecified atom stereocenters. The Morgan fingerprint density at radius 2 is 2.00 bits per heavy atom. The summed E-state index contributed by atoms with van der Waals surface area (Å²) in [7, 11) is 2.08. The first kappa shape index (κ1) is 12.9. The number of H-pyrrole nitrogens is 1. The highest BCUT2D eigenvalue weighted by molar-refractivity contribution is 5.41. The number of aromatic amines is 1. The van der Waals surface area contributed by atoms with Crippen molar-refractivity contribution in [3.8, 4) is 0 Å². The molecule has 1 N–H and O–H groups in total. The van der Waals surface area contributed by atoms with Crippen LogP contribution in [0.2, 0.25) is 0 Å². The molecule has 104 valence electrons. The predicted octanol–water partition coefficient (Wildman–Crippen LogP) is 2.31. The first-order valence-corrected chi connectivity index (χ1v) is 6.75. The Balaban J connectivity index is 1.74. The number of fused-ring (bicyclic) bond motifs is 1. The number of pyridine rings is 1. The lowest BCUT2D eigenvalue weighted by atomic mass is 10.3. The highest BCUT2D eigenvalue weighted by Crippen LogP contribution is 2.11. The second-order valence-electron chi connectivity index (χ2n) is 5.34. The normalized spacial score (nSPS) is 11.6. The van der Waals surface area contributed by atoms with Crippen molar-refractivity contribution in [2.24, 2.45) is 0 Å². The third-order valence-electron chi connectivity index (χ3n) is 3.37. The Bertz CT molecular complexity index is 725. The molecule has 5 heteroatoms. The van der Waals surface area contributed by atoms with E-state index in [4.69, 9.17) is 0 Å². The van der Waals surface area contributed by atoms with Gasteiger partial charge in [-0.2, -0.15) is 5.10 Å². The van der Waals surface area contributed by atoms with Gasteiger partial charge in [0.2, 0.25) is 0 Å². The molecule has 0 bridgehead atoms. The van der Waals surface area contributed by atoms with E-state index in [1.54, 1.807) is 0 Å². The van der Waals surface area contributed by atoms with Gasteiger partial charge in [-0.3, -0.25) is 10.00 Å². The molecule has 20 heavy (non-hydrogen) atoms. The molecule has 0 aliphatic heterocycles. The first-order valence-electron chi connectivity index (χ1n) is 6.75. The topological polar surface area (TPSA) is 49.2 Å². The Hall–Kier alpha value is -2.14. The molecule has 5 nitrogen and oxygen atoms in total. The van der Waals surface area contributed by atoms with Crippen LogP contribution in [0.15, 0.2) is 30.5 Å². The van der Waals surface area contributed by atoms with Crippen LogP contribution in [0.1, 0.15) is 22.8 Å². The molecule has 3 heterocycles. The summed E-state index contributed by atoms with van der Waals surface area (Å²) in [6, 6.07) is 8.24. The van der Waals surface area contributed by atoms with Crippen molar-refractivity contribution in [2.45, 2.75) is 26.9 Å². The van der Waals surface area contributed by atoms with Crippen molar-refractivity contribution in [1.29, 1.82) is 0 Å². The fraction of sp³-hybridized carbons (Fsp3) is 0.333. The van der Waals surface area contributed by atoms with Crippen LogP contribution in [0.25, 0.3) is 5.65 Å². The minimum atomic E-state index is 0.813. The van der Waals surface area contributed by atoms with Crippen LogP contribution in [0.3, 0.4) is 0 Å². The van der Waals surface area contributed by atoms with E-state index in [1.165, 1.54) is 5.69 Å². The lowest BCUT2D eigenvalue weighted by molar-refractivity contribution is 0.311. The number of rotatable bonds is 4. The van der Waals surface area contributed by atoms with Gasteiger partial charge in [0.15, 0.2) is 0 Å². The van der Waals surface area contributed by atoms with Crippen LogP contribution in [0, 0.1) is 13.8 Å². The molecule has 0 saturated heterocycles. The van der Waals surface area contributed by atoms with Crippen LogP contribution in [-0.2, 0) is 13.1 Å². The third kappa shape index (κ3) is 2.58. The third-order valence-corrected chi connectivity index (χ3v) is 3.37. The summed E-state index contributed by atoms with van der Waals surface area (Å²) in [5, 5.41) is 7.23. The summed E-state index contributed by atoms with van der Waals surface area (Å²) >= 11 is 0. The number of imidazole rings is 1. The van der Waals surface area contributed by atoms with Gasteiger partial charge in [-0.25, -0.2) is 4.98 Å². The fourth-order valence-electron chi connectivity index (χ4n) is 2.44. The van der Waals surface area contributed by atoms with Crippen LogP contribution in [0.5, 0.6) is 0 Å². The maximum atomic E-state index is 4.65. The average Bonchev–Trinajstić information content (AvgIpc) is 2.96. The van der Waals surface area contributed by atoms with Gasteiger partial charge in [-0.15, -0.1) is 0 Å². The number of aromatic nitrogens is 4. The number of aryl methyl sites for hydroxylation is 2. The molecular weight excluding hydrogens is 250 g/mol. The van der Waals surface area contributed by atoms with Crippen molar-refractivity contribution >= 4 is 5.65 Å². The number of hydrogen-bond acceptors (Lipinski definition) is 3. The van der Waals surface area contributed by atoms with Crippen molar-refractivity contribution in [3.63, 3.8) is 0 Å².